The van der Waals surface area contributed by atoms with Crippen LogP contribution in [0.4, 0.5) is 4.39 Å². The number of hydrogen-bond acceptors (Lipinski definition) is 3. The third-order valence-electron chi connectivity index (χ3n) is 5.09. The Kier molecular flexibility index (Phi) is 3.26. The number of aromatic amines is 1. The van der Waals surface area contributed by atoms with E-state index in [1.54, 1.807) is 4.57 Å². The molecular weight excluding hydrogens is 299 g/mol. The standard InChI is InChI=1S/C16H19FN4O2/c1-18-15(22)11-6-13-14(7-12(11)17)21(16(23)20-13)10-4-8-2-3-9(5-10)19-8/h6-10,19H,2-5H2,1H3,(H,18,22)(H,20,23). The number of imidazole rings is 1. The van der Waals surface area contributed by atoms with Gasteiger partial charge in [0.15, 0.2) is 0 Å². The number of hydrogen-bond donors (Lipinski definition) is 3. The van der Waals surface area contributed by atoms with Gasteiger partial charge in [-0.25, -0.2) is 9.18 Å². The molecule has 6 nitrogen and oxygen atoms in total. The molecule has 7 heteroatoms. The summed E-state index contributed by atoms with van der Waals surface area (Å²) in [6.07, 6.45) is 4.02. The number of aromatic nitrogens is 2. The Balaban J connectivity index is 1.81. The number of carbonyl (C=O) groups is 1. The van der Waals surface area contributed by atoms with Crippen molar-refractivity contribution in [1.82, 2.24) is 20.2 Å². The molecule has 1 amide bonds. The minimum atomic E-state index is -0.610. The zero-order valence-electron chi connectivity index (χ0n) is 12.9. The van der Waals surface area contributed by atoms with Gasteiger partial charge in [0.25, 0.3) is 5.91 Å². The summed E-state index contributed by atoms with van der Waals surface area (Å²) in [5.74, 6) is -1.11. The number of nitrogens with one attached hydrogen (secondary N) is 3. The summed E-state index contributed by atoms with van der Waals surface area (Å²) < 4.78 is 15.9. The van der Waals surface area contributed by atoms with E-state index in [0.29, 0.717) is 23.1 Å². The molecule has 2 aliphatic heterocycles. The summed E-state index contributed by atoms with van der Waals surface area (Å²) in [4.78, 5) is 26.9. The van der Waals surface area contributed by atoms with E-state index in [0.717, 1.165) is 25.7 Å². The average Bonchev–Trinajstić information content (AvgIpc) is 3.03. The lowest BCUT2D eigenvalue weighted by molar-refractivity contribution is 0.0959. The van der Waals surface area contributed by atoms with Gasteiger partial charge in [0.05, 0.1) is 16.6 Å². The number of fused-ring (bicyclic) bond motifs is 3. The van der Waals surface area contributed by atoms with Crippen LogP contribution in [0.25, 0.3) is 11.0 Å². The van der Waals surface area contributed by atoms with Gasteiger partial charge in [-0.2, -0.15) is 0 Å². The molecule has 3 N–H and O–H groups in total. The molecule has 2 saturated heterocycles. The lowest BCUT2D eigenvalue weighted by Gasteiger charge is -2.29. The van der Waals surface area contributed by atoms with Crippen molar-refractivity contribution in [1.29, 1.82) is 0 Å². The summed E-state index contributed by atoms with van der Waals surface area (Å²) >= 11 is 0. The van der Waals surface area contributed by atoms with Crippen LogP contribution in [0.1, 0.15) is 42.1 Å². The van der Waals surface area contributed by atoms with Crippen molar-refractivity contribution in [3.05, 3.63) is 34.0 Å². The normalized spacial score (nSPS) is 26.6. The molecule has 4 rings (SSSR count). The largest absolute Gasteiger partial charge is 0.355 e. The van der Waals surface area contributed by atoms with E-state index in [1.165, 1.54) is 19.2 Å². The zero-order chi connectivity index (χ0) is 16.1. The summed E-state index contributed by atoms with van der Waals surface area (Å²) in [5.41, 5.74) is 0.742. The molecule has 3 heterocycles. The van der Waals surface area contributed by atoms with E-state index in [4.69, 9.17) is 0 Å². The van der Waals surface area contributed by atoms with Crippen LogP contribution >= 0.6 is 0 Å². The molecule has 122 valence electrons. The molecule has 23 heavy (non-hydrogen) atoms. The number of halogens is 1. The van der Waals surface area contributed by atoms with Gasteiger partial charge in [-0.15, -0.1) is 0 Å². The number of piperidine rings is 1. The second-order valence-corrected chi connectivity index (χ2v) is 6.49. The second-order valence-electron chi connectivity index (χ2n) is 6.49. The smallest absolute Gasteiger partial charge is 0.326 e. The first-order chi connectivity index (χ1) is 11.1. The maximum absolute atomic E-state index is 14.3. The molecule has 2 atom stereocenters. The van der Waals surface area contributed by atoms with Crippen molar-refractivity contribution < 1.29 is 9.18 Å². The predicted octanol–water partition coefficient (Wildman–Crippen LogP) is 1.28. The second kappa shape index (κ2) is 5.19. The molecule has 1 aromatic heterocycles. The first kappa shape index (κ1) is 14.4. The van der Waals surface area contributed by atoms with Crippen LogP contribution in [0.2, 0.25) is 0 Å². The van der Waals surface area contributed by atoms with Crippen LogP contribution in [0.5, 0.6) is 0 Å². The molecule has 0 radical (unpaired) electrons. The third-order valence-corrected chi connectivity index (χ3v) is 5.09. The highest BCUT2D eigenvalue weighted by Crippen LogP contribution is 2.34. The van der Waals surface area contributed by atoms with E-state index in [2.05, 4.69) is 15.6 Å². The van der Waals surface area contributed by atoms with Crippen LogP contribution < -0.4 is 16.3 Å². The van der Waals surface area contributed by atoms with Gasteiger partial charge >= 0.3 is 5.69 Å². The minimum absolute atomic E-state index is 0.0567. The fraction of sp³-hybridized carbons (Fsp3) is 0.500. The third kappa shape index (κ3) is 2.26. The number of amides is 1. The van der Waals surface area contributed by atoms with Gasteiger partial charge in [-0.1, -0.05) is 0 Å². The highest BCUT2D eigenvalue weighted by Gasteiger charge is 2.35. The van der Waals surface area contributed by atoms with Crippen molar-refractivity contribution in [2.24, 2.45) is 0 Å². The fourth-order valence-corrected chi connectivity index (χ4v) is 4.06. The first-order valence-electron chi connectivity index (χ1n) is 7.98. The Bertz CT molecular complexity index is 828. The Morgan fingerprint density at radius 3 is 2.65 bits per heavy atom. The predicted molar refractivity (Wildman–Crippen MR) is 84.1 cm³/mol. The van der Waals surface area contributed by atoms with E-state index < -0.39 is 11.7 Å². The summed E-state index contributed by atoms with van der Waals surface area (Å²) in [7, 11) is 1.45. The van der Waals surface area contributed by atoms with E-state index in [-0.39, 0.29) is 17.3 Å². The Labute approximate surface area is 132 Å². The van der Waals surface area contributed by atoms with Gasteiger partial charge in [0.1, 0.15) is 5.82 Å². The van der Waals surface area contributed by atoms with Crippen LogP contribution in [-0.4, -0.2) is 34.6 Å². The molecule has 0 spiro atoms. The van der Waals surface area contributed by atoms with Crippen LogP contribution in [0.15, 0.2) is 16.9 Å². The highest BCUT2D eigenvalue weighted by atomic mass is 19.1. The minimum Gasteiger partial charge on any atom is -0.355 e. The molecule has 2 bridgehead atoms. The monoisotopic (exact) mass is 318 g/mol. The molecular formula is C16H19FN4O2. The number of carbonyl (C=O) groups excluding carboxylic acids is 1. The lowest BCUT2D eigenvalue weighted by atomic mass is 9.99. The van der Waals surface area contributed by atoms with E-state index in [1.807, 2.05) is 0 Å². The van der Waals surface area contributed by atoms with E-state index >= 15 is 0 Å². The van der Waals surface area contributed by atoms with Crippen molar-refractivity contribution in [2.45, 2.75) is 43.8 Å². The molecule has 2 aliphatic rings. The number of nitrogens with zero attached hydrogens (tertiary/aromatic N) is 1. The quantitative estimate of drug-likeness (QED) is 0.780. The molecule has 2 unspecified atom stereocenters. The molecule has 2 aromatic rings. The van der Waals surface area contributed by atoms with Crippen LogP contribution in [0, 0.1) is 5.82 Å². The van der Waals surface area contributed by atoms with Gasteiger partial charge in [0, 0.05) is 31.2 Å². The Morgan fingerprint density at radius 1 is 1.30 bits per heavy atom. The summed E-state index contributed by atoms with van der Waals surface area (Å²) in [6.45, 7) is 0. The van der Waals surface area contributed by atoms with Gasteiger partial charge in [-0.3, -0.25) is 9.36 Å². The Morgan fingerprint density at radius 2 is 2.00 bits per heavy atom. The van der Waals surface area contributed by atoms with Crippen molar-refractivity contribution in [3.8, 4) is 0 Å². The molecule has 0 aliphatic carbocycles. The Hall–Kier alpha value is -2.15. The van der Waals surface area contributed by atoms with E-state index in [9.17, 15) is 14.0 Å². The fourth-order valence-electron chi connectivity index (χ4n) is 4.06. The van der Waals surface area contributed by atoms with Crippen LogP contribution in [0.3, 0.4) is 0 Å². The molecule has 1 aromatic carbocycles. The molecule has 2 fully saturated rings. The van der Waals surface area contributed by atoms with Gasteiger partial charge in [-0.05, 0) is 31.7 Å². The molecule has 0 saturated carbocycles. The van der Waals surface area contributed by atoms with Crippen LogP contribution in [-0.2, 0) is 0 Å². The van der Waals surface area contributed by atoms with Gasteiger partial charge < -0.3 is 15.6 Å². The topological polar surface area (TPSA) is 78.9 Å². The van der Waals surface area contributed by atoms with Crippen molar-refractivity contribution in [2.75, 3.05) is 7.05 Å². The lowest BCUT2D eigenvalue weighted by Crippen LogP contribution is -2.40. The number of rotatable bonds is 2. The average molecular weight is 318 g/mol. The number of H-pyrrole nitrogens is 1. The maximum atomic E-state index is 14.3. The first-order valence-corrected chi connectivity index (χ1v) is 7.98. The van der Waals surface area contributed by atoms with Crippen molar-refractivity contribution in [3.63, 3.8) is 0 Å². The SMILES string of the molecule is CNC(=O)c1cc2[nH]c(=O)n(C3CC4CCC(C3)N4)c2cc1F. The highest BCUT2D eigenvalue weighted by molar-refractivity contribution is 5.97. The van der Waals surface area contributed by atoms with Crippen molar-refractivity contribution >= 4 is 16.9 Å². The zero-order valence-corrected chi connectivity index (χ0v) is 12.9. The summed E-state index contributed by atoms with van der Waals surface area (Å²) in [6, 6.07) is 3.65. The summed E-state index contributed by atoms with van der Waals surface area (Å²) in [5, 5.41) is 5.95. The maximum Gasteiger partial charge on any atom is 0.326 e. The van der Waals surface area contributed by atoms with Gasteiger partial charge in [0.2, 0.25) is 0 Å². The number of benzene rings is 1.